The average molecular weight is 474 g/mol. The minimum absolute atomic E-state index is 0.0369. The first kappa shape index (κ1) is 22.3. The molecule has 2 amide bonds. The number of benzene rings is 1. The average Bonchev–Trinajstić information content (AvgIpc) is 2.75. The van der Waals surface area contributed by atoms with Crippen molar-refractivity contribution in [3.63, 3.8) is 0 Å². The van der Waals surface area contributed by atoms with Crippen LogP contribution >= 0.6 is 15.9 Å². The molecule has 0 saturated carbocycles. The number of carbonyl (C=O) groups excluding carboxylic acids is 2. The number of halogens is 1. The van der Waals surface area contributed by atoms with Crippen molar-refractivity contribution in [2.45, 2.75) is 39.0 Å². The van der Waals surface area contributed by atoms with Gasteiger partial charge in [0.2, 0.25) is 11.8 Å². The zero-order chi connectivity index (χ0) is 21.5. The molecule has 6 nitrogen and oxygen atoms in total. The number of piperidine rings is 1. The van der Waals surface area contributed by atoms with Gasteiger partial charge >= 0.3 is 0 Å². The van der Waals surface area contributed by atoms with E-state index in [2.05, 4.69) is 52.2 Å². The summed E-state index contributed by atoms with van der Waals surface area (Å²) < 4.78 is 6.58. The number of amides is 2. The maximum atomic E-state index is 12.5. The van der Waals surface area contributed by atoms with Crippen LogP contribution in [-0.2, 0) is 9.59 Å². The zero-order valence-electron chi connectivity index (χ0n) is 17.4. The van der Waals surface area contributed by atoms with Gasteiger partial charge in [0, 0.05) is 29.7 Å². The summed E-state index contributed by atoms with van der Waals surface area (Å²) in [7, 11) is 0. The van der Waals surface area contributed by atoms with Gasteiger partial charge in [-0.15, -0.1) is 0 Å². The molecule has 1 saturated heterocycles. The number of nitrogens with one attached hydrogen (secondary N) is 1. The summed E-state index contributed by atoms with van der Waals surface area (Å²) in [6.45, 7) is 5.84. The normalized spacial score (nSPS) is 14.6. The smallest absolute Gasteiger partial charge is 0.228 e. The summed E-state index contributed by atoms with van der Waals surface area (Å²) in [6.07, 6.45) is 3.31. The van der Waals surface area contributed by atoms with Gasteiger partial charge in [-0.05, 0) is 64.5 Å². The van der Waals surface area contributed by atoms with Crippen molar-refractivity contribution in [2.75, 3.05) is 25.0 Å². The summed E-state index contributed by atoms with van der Waals surface area (Å²) in [5, 5.41) is 2.85. The maximum absolute atomic E-state index is 12.5. The van der Waals surface area contributed by atoms with Crippen molar-refractivity contribution < 1.29 is 14.3 Å². The molecule has 1 aromatic heterocycles. The Balaban J connectivity index is 1.38. The maximum Gasteiger partial charge on any atom is 0.228 e. The van der Waals surface area contributed by atoms with E-state index in [4.69, 9.17) is 4.74 Å². The Labute approximate surface area is 186 Å². The molecule has 0 unspecified atom stereocenters. The number of rotatable bonds is 7. The molecule has 2 heterocycles. The molecular formula is C23H28BrN3O3. The quantitative estimate of drug-likeness (QED) is 0.636. The van der Waals surface area contributed by atoms with Gasteiger partial charge in [-0.3, -0.25) is 9.59 Å². The molecule has 1 aliphatic rings. The first-order chi connectivity index (χ1) is 14.4. The van der Waals surface area contributed by atoms with Crippen LogP contribution in [0.5, 0.6) is 5.75 Å². The highest BCUT2D eigenvalue weighted by Gasteiger charge is 2.27. The van der Waals surface area contributed by atoms with Gasteiger partial charge in [-0.25, -0.2) is 4.98 Å². The molecule has 0 aliphatic carbocycles. The van der Waals surface area contributed by atoms with Gasteiger partial charge in [-0.1, -0.05) is 26.0 Å². The summed E-state index contributed by atoms with van der Waals surface area (Å²) in [5.74, 6) is 1.74. The third kappa shape index (κ3) is 6.29. The molecule has 1 fully saturated rings. The number of nitrogens with zero attached hydrogens (tertiary/aromatic N) is 2. The van der Waals surface area contributed by atoms with Gasteiger partial charge in [-0.2, -0.15) is 0 Å². The van der Waals surface area contributed by atoms with E-state index in [0.29, 0.717) is 50.7 Å². The van der Waals surface area contributed by atoms with E-state index < -0.39 is 0 Å². The van der Waals surface area contributed by atoms with E-state index in [-0.39, 0.29) is 17.7 Å². The first-order valence-corrected chi connectivity index (χ1v) is 11.1. The number of hydrogen-bond donors (Lipinski definition) is 1. The van der Waals surface area contributed by atoms with Crippen molar-refractivity contribution in [3.05, 3.63) is 52.6 Å². The molecule has 3 rings (SSSR count). The Bertz CT molecular complexity index is 845. The lowest BCUT2D eigenvalue weighted by Gasteiger charge is -2.31. The second-order valence-electron chi connectivity index (χ2n) is 7.83. The molecule has 0 spiro atoms. The molecule has 1 aromatic carbocycles. The van der Waals surface area contributed by atoms with E-state index in [0.717, 1.165) is 10.2 Å². The lowest BCUT2D eigenvalue weighted by Crippen LogP contribution is -2.41. The number of hydrogen-bond acceptors (Lipinski definition) is 4. The Morgan fingerprint density at radius 3 is 2.47 bits per heavy atom. The molecular weight excluding hydrogens is 446 g/mol. The van der Waals surface area contributed by atoms with Crippen LogP contribution in [0, 0.1) is 5.92 Å². The molecule has 1 N–H and O–H groups in total. The summed E-state index contributed by atoms with van der Waals surface area (Å²) in [6, 6.07) is 11.6. The molecule has 0 bridgehead atoms. The Kier molecular flexibility index (Phi) is 7.85. The number of likely N-dealkylation sites (tertiary alicyclic amines) is 1. The van der Waals surface area contributed by atoms with Gasteiger partial charge in [0.25, 0.3) is 0 Å². The highest BCUT2D eigenvalue weighted by Crippen LogP contribution is 2.21. The number of carbonyl (C=O) groups is 2. The fourth-order valence-electron chi connectivity index (χ4n) is 3.43. The summed E-state index contributed by atoms with van der Waals surface area (Å²) in [4.78, 5) is 30.9. The van der Waals surface area contributed by atoms with Gasteiger partial charge in [0.1, 0.15) is 11.6 Å². The molecule has 7 heteroatoms. The minimum atomic E-state index is -0.102. The second-order valence-corrected chi connectivity index (χ2v) is 8.74. The van der Waals surface area contributed by atoms with Gasteiger partial charge < -0.3 is 15.0 Å². The van der Waals surface area contributed by atoms with Crippen molar-refractivity contribution >= 4 is 33.6 Å². The van der Waals surface area contributed by atoms with E-state index >= 15 is 0 Å². The van der Waals surface area contributed by atoms with Crippen LogP contribution in [0.1, 0.15) is 44.6 Å². The number of pyridine rings is 1. The predicted octanol–water partition coefficient (Wildman–Crippen LogP) is 4.61. The Morgan fingerprint density at radius 1 is 1.17 bits per heavy atom. The summed E-state index contributed by atoms with van der Waals surface area (Å²) in [5.41, 5.74) is 1.27. The largest absolute Gasteiger partial charge is 0.493 e. The molecule has 0 atom stereocenters. The van der Waals surface area contributed by atoms with Crippen LogP contribution in [0.15, 0.2) is 47.1 Å². The van der Waals surface area contributed by atoms with Crippen LogP contribution in [0.2, 0.25) is 0 Å². The Hall–Kier alpha value is -2.41. The van der Waals surface area contributed by atoms with Crippen LogP contribution in [0.3, 0.4) is 0 Å². The van der Waals surface area contributed by atoms with E-state index in [1.54, 1.807) is 12.3 Å². The van der Waals surface area contributed by atoms with Gasteiger partial charge in [0.15, 0.2) is 0 Å². The third-order valence-corrected chi connectivity index (χ3v) is 5.80. The SMILES string of the molecule is CC(C)c1ccc(OCCC(=O)N2CCC(C(=O)Nc3ccc(Br)cn3)CC2)cc1. The number of anilines is 1. The Morgan fingerprint density at radius 2 is 1.87 bits per heavy atom. The minimum Gasteiger partial charge on any atom is -0.493 e. The van der Waals surface area contributed by atoms with Crippen LogP contribution in [-0.4, -0.2) is 41.4 Å². The number of ether oxygens (including phenoxy) is 1. The lowest BCUT2D eigenvalue weighted by molar-refractivity contribution is -0.135. The van der Waals surface area contributed by atoms with Crippen molar-refractivity contribution in [3.8, 4) is 5.75 Å². The molecule has 2 aromatic rings. The molecule has 0 radical (unpaired) electrons. The summed E-state index contributed by atoms with van der Waals surface area (Å²) >= 11 is 3.33. The third-order valence-electron chi connectivity index (χ3n) is 5.33. The van der Waals surface area contributed by atoms with Crippen LogP contribution in [0.25, 0.3) is 0 Å². The van der Waals surface area contributed by atoms with E-state index in [1.165, 1.54) is 5.56 Å². The topological polar surface area (TPSA) is 71.5 Å². The highest BCUT2D eigenvalue weighted by atomic mass is 79.9. The fourth-order valence-corrected chi connectivity index (χ4v) is 3.67. The first-order valence-electron chi connectivity index (χ1n) is 10.4. The molecule has 1 aliphatic heterocycles. The van der Waals surface area contributed by atoms with Crippen molar-refractivity contribution in [1.29, 1.82) is 0 Å². The predicted molar refractivity (Wildman–Crippen MR) is 121 cm³/mol. The molecule has 30 heavy (non-hydrogen) atoms. The number of aromatic nitrogens is 1. The van der Waals surface area contributed by atoms with E-state index in [1.807, 2.05) is 23.1 Å². The zero-order valence-corrected chi connectivity index (χ0v) is 19.0. The van der Waals surface area contributed by atoms with Gasteiger partial charge in [0.05, 0.1) is 13.0 Å². The lowest BCUT2D eigenvalue weighted by atomic mass is 9.95. The van der Waals surface area contributed by atoms with Crippen LogP contribution in [0.4, 0.5) is 5.82 Å². The standard InChI is InChI=1S/C23H28BrN3O3/c1-16(2)17-3-6-20(7-4-17)30-14-11-22(28)27-12-9-18(10-13-27)23(29)26-21-8-5-19(24)15-25-21/h3-8,15-16,18H,9-14H2,1-2H3,(H,25,26,29). The van der Waals surface area contributed by atoms with Crippen molar-refractivity contribution in [1.82, 2.24) is 9.88 Å². The van der Waals surface area contributed by atoms with E-state index in [9.17, 15) is 9.59 Å². The monoisotopic (exact) mass is 473 g/mol. The van der Waals surface area contributed by atoms with Crippen LogP contribution < -0.4 is 10.1 Å². The molecule has 160 valence electrons. The fraction of sp³-hybridized carbons (Fsp3) is 0.435. The van der Waals surface area contributed by atoms with Crippen molar-refractivity contribution in [2.24, 2.45) is 5.92 Å². The highest BCUT2D eigenvalue weighted by molar-refractivity contribution is 9.10. The second kappa shape index (κ2) is 10.6.